The molecule has 0 spiro atoms. The van der Waals surface area contributed by atoms with Crippen molar-refractivity contribution in [3.05, 3.63) is 71.0 Å². The van der Waals surface area contributed by atoms with Crippen molar-refractivity contribution < 1.29 is 14.3 Å². The SMILES string of the molecule is Cc1ccccc1C(=O)NCC(=O)OCc1nc2ccccc2nc1C. The van der Waals surface area contributed by atoms with Crippen LogP contribution in [0.1, 0.15) is 27.3 Å². The lowest BCUT2D eigenvalue weighted by molar-refractivity contribution is -0.143. The highest BCUT2D eigenvalue weighted by molar-refractivity contribution is 5.97. The zero-order valence-electron chi connectivity index (χ0n) is 14.7. The van der Waals surface area contributed by atoms with Crippen molar-refractivity contribution in [1.82, 2.24) is 15.3 Å². The Labute approximate surface area is 151 Å². The number of para-hydroxylation sites is 2. The number of nitrogens with zero attached hydrogens (tertiary/aromatic N) is 2. The van der Waals surface area contributed by atoms with Gasteiger partial charge in [-0.15, -0.1) is 0 Å². The van der Waals surface area contributed by atoms with E-state index < -0.39 is 5.97 Å². The van der Waals surface area contributed by atoms with E-state index in [2.05, 4.69) is 15.3 Å². The second-order valence-electron chi connectivity index (χ2n) is 5.90. The minimum Gasteiger partial charge on any atom is -0.458 e. The zero-order valence-corrected chi connectivity index (χ0v) is 14.7. The largest absolute Gasteiger partial charge is 0.458 e. The molecular formula is C20H19N3O3. The molecule has 1 amide bonds. The average molecular weight is 349 g/mol. The molecule has 1 aromatic heterocycles. The summed E-state index contributed by atoms with van der Waals surface area (Å²) in [7, 11) is 0. The van der Waals surface area contributed by atoms with Gasteiger partial charge in [-0.1, -0.05) is 30.3 Å². The van der Waals surface area contributed by atoms with Gasteiger partial charge in [-0.3, -0.25) is 9.59 Å². The van der Waals surface area contributed by atoms with Crippen molar-refractivity contribution in [1.29, 1.82) is 0 Å². The molecule has 0 aliphatic carbocycles. The molecule has 1 heterocycles. The minimum absolute atomic E-state index is 0.0166. The molecule has 0 saturated carbocycles. The van der Waals surface area contributed by atoms with Gasteiger partial charge < -0.3 is 10.1 Å². The number of aromatic nitrogens is 2. The fourth-order valence-electron chi connectivity index (χ4n) is 2.54. The number of nitrogens with one attached hydrogen (secondary N) is 1. The Balaban J connectivity index is 1.57. The van der Waals surface area contributed by atoms with Crippen molar-refractivity contribution >= 4 is 22.9 Å². The van der Waals surface area contributed by atoms with Gasteiger partial charge in [-0.2, -0.15) is 0 Å². The Morgan fingerprint density at radius 3 is 2.35 bits per heavy atom. The van der Waals surface area contributed by atoms with Crippen LogP contribution in [0.4, 0.5) is 0 Å². The molecule has 0 fully saturated rings. The first-order valence-electron chi connectivity index (χ1n) is 8.26. The lowest BCUT2D eigenvalue weighted by Crippen LogP contribution is -2.31. The third kappa shape index (κ3) is 4.03. The van der Waals surface area contributed by atoms with Gasteiger partial charge in [-0.25, -0.2) is 9.97 Å². The third-order valence-electron chi connectivity index (χ3n) is 4.00. The van der Waals surface area contributed by atoms with Gasteiger partial charge in [0.25, 0.3) is 5.91 Å². The molecule has 0 saturated heterocycles. The van der Waals surface area contributed by atoms with Gasteiger partial charge in [0, 0.05) is 5.56 Å². The normalized spacial score (nSPS) is 10.5. The maximum Gasteiger partial charge on any atom is 0.325 e. The summed E-state index contributed by atoms with van der Waals surface area (Å²) >= 11 is 0. The van der Waals surface area contributed by atoms with Gasteiger partial charge in [0.1, 0.15) is 13.2 Å². The summed E-state index contributed by atoms with van der Waals surface area (Å²) in [5, 5.41) is 2.57. The van der Waals surface area contributed by atoms with Crippen molar-refractivity contribution in [2.75, 3.05) is 6.54 Å². The number of ether oxygens (including phenoxy) is 1. The molecule has 3 rings (SSSR count). The highest BCUT2D eigenvalue weighted by Crippen LogP contribution is 2.13. The number of amides is 1. The fraction of sp³-hybridized carbons (Fsp3) is 0.200. The predicted molar refractivity (Wildman–Crippen MR) is 97.6 cm³/mol. The summed E-state index contributed by atoms with van der Waals surface area (Å²) in [6.07, 6.45) is 0. The van der Waals surface area contributed by atoms with Gasteiger partial charge in [0.15, 0.2) is 0 Å². The van der Waals surface area contributed by atoms with Crippen molar-refractivity contribution in [2.45, 2.75) is 20.5 Å². The van der Waals surface area contributed by atoms with E-state index in [1.54, 1.807) is 12.1 Å². The summed E-state index contributed by atoms with van der Waals surface area (Å²) in [6.45, 7) is 3.48. The van der Waals surface area contributed by atoms with Crippen molar-refractivity contribution in [2.24, 2.45) is 0 Å². The zero-order chi connectivity index (χ0) is 18.5. The van der Waals surface area contributed by atoms with Crippen LogP contribution in [-0.2, 0) is 16.1 Å². The standard InChI is InChI=1S/C20H19N3O3/c1-13-7-3-4-8-15(13)20(25)21-11-19(24)26-12-18-14(2)22-16-9-5-6-10-17(16)23-18/h3-10H,11-12H2,1-2H3,(H,21,25). The van der Waals surface area contributed by atoms with Gasteiger partial charge >= 0.3 is 5.97 Å². The quantitative estimate of drug-likeness (QED) is 0.716. The third-order valence-corrected chi connectivity index (χ3v) is 4.00. The number of fused-ring (bicyclic) bond motifs is 1. The van der Waals surface area contributed by atoms with E-state index in [9.17, 15) is 9.59 Å². The van der Waals surface area contributed by atoms with Crippen LogP contribution in [0.5, 0.6) is 0 Å². The smallest absolute Gasteiger partial charge is 0.325 e. The van der Waals surface area contributed by atoms with Crippen LogP contribution in [0.3, 0.4) is 0 Å². The summed E-state index contributed by atoms with van der Waals surface area (Å²) in [4.78, 5) is 33.0. The highest BCUT2D eigenvalue weighted by Gasteiger charge is 2.12. The molecule has 0 unspecified atom stereocenters. The molecule has 0 atom stereocenters. The van der Waals surface area contributed by atoms with Crippen LogP contribution < -0.4 is 5.32 Å². The molecule has 0 aliphatic heterocycles. The Bertz CT molecular complexity index is 969. The molecule has 6 nitrogen and oxygen atoms in total. The molecule has 0 bridgehead atoms. The average Bonchev–Trinajstić information content (AvgIpc) is 2.64. The molecule has 0 radical (unpaired) electrons. The van der Waals surface area contributed by atoms with Crippen LogP contribution in [0.15, 0.2) is 48.5 Å². The molecular weight excluding hydrogens is 330 g/mol. The molecule has 3 aromatic rings. The minimum atomic E-state index is -0.527. The molecule has 6 heteroatoms. The maximum atomic E-state index is 12.1. The molecule has 26 heavy (non-hydrogen) atoms. The Hall–Kier alpha value is -3.28. The van der Waals surface area contributed by atoms with Gasteiger partial charge in [0.2, 0.25) is 0 Å². The highest BCUT2D eigenvalue weighted by atomic mass is 16.5. The topological polar surface area (TPSA) is 81.2 Å². The van der Waals surface area contributed by atoms with E-state index in [1.807, 2.05) is 50.2 Å². The number of hydrogen-bond acceptors (Lipinski definition) is 5. The summed E-state index contributed by atoms with van der Waals surface area (Å²) in [5.74, 6) is -0.831. The Morgan fingerprint density at radius 1 is 0.962 bits per heavy atom. The van der Waals surface area contributed by atoms with E-state index in [0.717, 1.165) is 16.6 Å². The molecule has 132 valence electrons. The van der Waals surface area contributed by atoms with E-state index in [-0.39, 0.29) is 19.1 Å². The number of esters is 1. The van der Waals surface area contributed by atoms with Crippen LogP contribution in [0, 0.1) is 13.8 Å². The van der Waals surface area contributed by atoms with E-state index in [0.29, 0.717) is 17.0 Å². The fourth-order valence-corrected chi connectivity index (χ4v) is 2.54. The van der Waals surface area contributed by atoms with Crippen LogP contribution in [-0.4, -0.2) is 28.4 Å². The Kier molecular flexibility index (Phi) is 5.22. The molecule has 1 N–H and O–H groups in total. The maximum absolute atomic E-state index is 12.1. The molecule has 2 aromatic carbocycles. The monoisotopic (exact) mass is 349 g/mol. The van der Waals surface area contributed by atoms with Gasteiger partial charge in [-0.05, 0) is 37.6 Å². The first-order valence-corrected chi connectivity index (χ1v) is 8.26. The first-order chi connectivity index (χ1) is 12.5. The van der Waals surface area contributed by atoms with Crippen LogP contribution in [0.2, 0.25) is 0 Å². The predicted octanol–water partition coefficient (Wildman–Crippen LogP) is 2.72. The second kappa shape index (κ2) is 7.74. The molecule has 0 aliphatic rings. The lowest BCUT2D eigenvalue weighted by Gasteiger charge is -2.09. The number of carbonyl (C=O) groups is 2. The van der Waals surface area contributed by atoms with Crippen molar-refractivity contribution in [3.63, 3.8) is 0 Å². The van der Waals surface area contributed by atoms with Crippen molar-refractivity contribution in [3.8, 4) is 0 Å². The van der Waals surface area contributed by atoms with Crippen LogP contribution in [0.25, 0.3) is 11.0 Å². The summed E-state index contributed by atoms with van der Waals surface area (Å²) < 4.78 is 5.22. The lowest BCUT2D eigenvalue weighted by atomic mass is 10.1. The number of rotatable bonds is 5. The number of aryl methyl sites for hydroxylation is 2. The first kappa shape index (κ1) is 17.5. The Morgan fingerprint density at radius 2 is 1.62 bits per heavy atom. The van der Waals surface area contributed by atoms with E-state index in [1.165, 1.54) is 0 Å². The van der Waals surface area contributed by atoms with E-state index in [4.69, 9.17) is 4.74 Å². The second-order valence-corrected chi connectivity index (χ2v) is 5.90. The number of benzene rings is 2. The van der Waals surface area contributed by atoms with Gasteiger partial charge in [0.05, 0.1) is 22.4 Å². The van der Waals surface area contributed by atoms with E-state index >= 15 is 0 Å². The summed E-state index contributed by atoms with van der Waals surface area (Å²) in [6, 6.07) is 14.7. The summed E-state index contributed by atoms with van der Waals surface area (Å²) in [5.41, 5.74) is 4.24. The number of hydrogen-bond donors (Lipinski definition) is 1. The number of carbonyl (C=O) groups excluding carboxylic acids is 2. The van der Waals surface area contributed by atoms with Crippen LogP contribution >= 0.6 is 0 Å².